The highest BCUT2D eigenvalue weighted by Crippen LogP contribution is 2.07. The molecule has 1 aromatic heterocycles. The SMILES string of the molecule is CCCNc1cc(NCC#N)ncn1. The van der Waals surface area contributed by atoms with E-state index < -0.39 is 0 Å². The monoisotopic (exact) mass is 191 g/mol. The van der Waals surface area contributed by atoms with Crippen molar-refractivity contribution in [3.05, 3.63) is 12.4 Å². The van der Waals surface area contributed by atoms with Crippen molar-refractivity contribution in [1.29, 1.82) is 5.26 Å². The highest BCUT2D eigenvalue weighted by Gasteiger charge is 1.96. The Morgan fingerprint density at radius 2 is 2.07 bits per heavy atom. The van der Waals surface area contributed by atoms with Crippen molar-refractivity contribution in [3.63, 3.8) is 0 Å². The van der Waals surface area contributed by atoms with Gasteiger partial charge in [0.1, 0.15) is 24.5 Å². The minimum absolute atomic E-state index is 0.254. The summed E-state index contributed by atoms with van der Waals surface area (Å²) < 4.78 is 0. The molecule has 14 heavy (non-hydrogen) atoms. The van der Waals surface area contributed by atoms with Crippen LogP contribution in [0.3, 0.4) is 0 Å². The number of nitrogens with zero attached hydrogens (tertiary/aromatic N) is 3. The van der Waals surface area contributed by atoms with Gasteiger partial charge in [0.05, 0.1) is 6.07 Å². The molecule has 0 aliphatic heterocycles. The minimum atomic E-state index is 0.254. The average molecular weight is 191 g/mol. The second-order valence-corrected chi connectivity index (χ2v) is 2.73. The van der Waals surface area contributed by atoms with Crippen LogP contribution in [-0.4, -0.2) is 23.1 Å². The number of hydrogen-bond donors (Lipinski definition) is 2. The maximum absolute atomic E-state index is 8.37. The van der Waals surface area contributed by atoms with E-state index in [4.69, 9.17) is 5.26 Å². The van der Waals surface area contributed by atoms with Crippen molar-refractivity contribution in [2.75, 3.05) is 23.7 Å². The topological polar surface area (TPSA) is 73.6 Å². The Balaban J connectivity index is 2.55. The molecule has 74 valence electrons. The van der Waals surface area contributed by atoms with Gasteiger partial charge in [0, 0.05) is 12.6 Å². The van der Waals surface area contributed by atoms with Crippen molar-refractivity contribution in [2.45, 2.75) is 13.3 Å². The van der Waals surface area contributed by atoms with Gasteiger partial charge >= 0.3 is 0 Å². The maximum Gasteiger partial charge on any atom is 0.132 e. The van der Waals surface area contributed by atoms with Crippen LogP contribution in [0.2, 0.25) is 0 Å². The molecule has 1 aromatic rings. The first-order chi connectivity index (χ1) is 6.86. The molecule has 0 aliphatic carbocycles. The first kappa shape index (κ1) is 10.3. The smallest absolute Gasteiger partial charge is 0.132 e. The Labute approximate surface area is 83.2 Å². The Morgan fingerprint density at radius 1 is 1.36 bits per heavy atom. The number of aromatic nitrogens is 2. The molecular formula is C9H13N5. The first-order valence-electron chi connectivity index (χ1n) is 4.53. The van der Waals surface area contributed by atoms with Gasteiger partial charge in [-0.15, -0.1) is 0 Å². The molecule has 2 N–H and O–H groups in total. The van der Waals surface area contributed by atoms with E-state index in [1.54, 1.807) is 6.07 Å². The van der Waals surface area contributed by atoms with Gasteiger partial charge in [-0.2, -0.15) is 5.26 Å². The second-order valence-electron chi connectivity index (χ2n) is 2.73. The van der Waals surface area contributed by atoms with Crippen LogP contribution in [0, 0.1) is 11.3 Å². The summed E-state index contributed by atoms with van der Waals surface area (Å²) in [6.45, 7) is 3.22. The van der Waals surface area contributed by atoms with Gasteiger partial charge in [-0.05, 0) is 6.42 Å². The molecule has 0 unspecified atom stereocenters. The number of hydrogen-bond acceptors (Lipinski definition) is 5. The van der Waals surface area contributed by atoms with Crippen LogP contribution in [-0.2, 0) is 0 Å². The number of anilines is 2. The maximum atomic E-state index is 8.37. The Bertz CT molecular complexity index is 317. The van der Waals surface area contributed by atoms with Gasteiger partial charge in [-0.25, -0.2) is 9.97 Å². The van der Waals surface area contributed by atoms with E-state index in [1.807, 2.05) is 6.07 Å². The lowest BCUT2D eigenvalue weighted by atomic mass is 10.4. The van der Waals surface area contributed by atoms with E-state index in [0.717, 1.165) is 18.8 Å². The van der Waals surface area contributed by atoms with Crippen molar-refractivity contribution < 1.29 is 0 Å². The molecule has 0 radical (unpaired) electrons. The quantitative estimate of drug-likeness (QED) is 0.685. The van der Waals surface area contributed by atoms with E-state index in [2.05, 4.69) is 27.5 Å². The second kappa shape index (κ2) is 5.75. The largest absolute Gasteiger partial charge is 0.370 e. The summed E-state index contributed by atoms with van der Waals surface area (Å²) >= 11 is 0. The fourth-order valence-corrected chi connectivity index (χ4v) is 0.934. The van der Waals surface area contributed by atoms with E-state index in [9.17, 15) is 0 Å². The van der Waals surface area contributed by atoms with Crippen molar-refractivity contribution >= 4 is 11.6 Å². The molecule has 0 aliphatic rings. The molecule has 0 atom stereocenters. The van der Waals surface area contributed by atoms with Crippen molar-refractivity contribution in [3.8, 4) is 6.07 Å². The molecule has 0 saturated heterocycles. The summed E-state index contributed by atoms with van der Waals surface area (Å²) in [4.78, 5) is 8.01. The lowest BCUT2D eigenvalue weighted by Gasteiger charge is -2.05. The van der Waals surface area contributed by atoms with Crippen LogP contribution in [0.1, 0.15) is 13.3 Å². The van der Waals surface area contributed by atoms with E-state index in [-0.39, 0.29) is 6.54 Å². The Morgan fingerprint density at radius 3 is 2.71 bits per heavy atom. The average Bonchev–Trinajstić information content (AvgIpc) is 2.24. The van der Waals surface area contributed by atoms with Gasteiger partial charge in [0.2, 0.25) is 0 Å². The predicted molar refractivity (Wildman–Crippen MR) is 54.9 cm³/mol. The number of nitrogens with one attached hydrogen (secondary N) is 2. The zero-order valence-corrected chi connectivity index (χ0v) is 8.12. The zero-order chi connectivity index (χ0) is 10.2. The molecule has 0 bridgehead atoms. The van der Waals surface area contributed by atoms with Crippen LogP contribution < -0.4 is 10.6 Å². The summed E-state index contributed by atoms with van der Waals surface area (Å²) in [7, 11) is 0. The molecule has 0 amide bonds. The minimum Gasteiger partial charge on any atom is -0.370 e. The third-order valence-electron chi connectivity index (χ3n) is 1.57. The van der Waals surface area contributed by atoms with Crippen LogP contribution in [0.15, 0.2) is 12.4 Å². The Kier molecular flexibility index (Phi) is 4.21. The Hall–Kier alpha value is -1.83. The molecule has 0 fully saturated rings. The van der Waals surface area contributed by atoms with Crippen molar-refractivity contribution in [1.82, 2.24) is 9.97 Å². The van der Waals surface area contributed by atoms with Gasteiger partial charge in [0.15, 0.2) is 0 Å². The summed E-state index contributed by atoms with van der Waals surface area (Å²) in [5.74, 6) is 1.45. The normalized spacial score (nSPS) is 9.14. The molecular weight excluding hydrogens is 178 g/mol. The van der Waals surface area contributed by atoms with Crippen LogP contribution in [0.5, 0.6) is 0 Å². The molecule has 1 heterocycles. The van der Waals surface area contributed by atoms with Crippen LogP contribution >= 0.6 is 0 Å². The predicted octanol–water partition coefficient (Wildman–Crippen LogP) is 1.23. The molecule has 0 saturated carbocycles. The number of nitriles is 1. The lowest BCUT2D eigenvalue weighted by molar-refractivity contribution is 0.964. The van der Waals surface area contributed by atoms with Gasteiger partial charge < -0.3 is 10.6 Å². The van der Waals surface area contributed by atoms with Gasteiger partial charge in [-0.1, -0.05) is 6.92 Å². The molecule has 0 spiro atoms. The van der Waals surface area contributed by atoms with E-state index >= 15 is 0 Å². The summed E-state index contributed by atoms with van der Waals surface area (Å²) in [5.41, 5.74) is 0. The third kappa shape index (κ3) is 3.27. The first-order valence-corrected chi connectivity index (χ1v) is 4.53. The molecule has 1 rings (SSSR count). The van der Waals surface area contributed by atoms with Crippen LogP contribution in [0.25, 0.3) is 0 Å². The molecule has 5 nitrogen and oxygen atoms in total. The van der Waals surface area contributed by atoms with Gasteiger partial charge in [-0.3, -0.25) is 0 Å². The summed E-state index contributed by atoms with van der Waals surface area (Å²) in [6, 6.07) is 3.77. The standard InChI is InChI=1S/C9H13N5/c1-2-4-11-8-6-9(12-5-3-10)14-7-13-8/h6-7H,2,4-5H2,1H3,(H2,11,12,13,14). The fraction of sp³-hybridized carbons (Fsp3) is 0.444. The van der Waals surface area contributed by atoms with Crippen LogP contribution in [0.4, 0.5) is 11.6 Å². The molecule has 0 aromatic carbocycles. The van der Waals surface area contributed by atoms with E-state index in [1.165, 1.54) is 6.33 Å². The zero-order valence-electron chi connectivity index (χ0n) is 8.12. The summed E-state index contributed by atoms with van der Waals surface area (Å²) in [6.07, 6.45) is 2.52. The number of rotatable bonds is 5. The van der Waals surface area contributed by atoms with Gasteiger partial charge in [0.25, 0.3) is 0 Å². The highest BCUT2D eigenvalue weighted by molar-refractivity contribution is 5.46. The summed E-state index contributed by atoms with van der Waals surface area (Å²) in [5, 5.41) is 14.4. The lowest BCUT2D eigenvalue weighted by Crippen LogP contribution is -2.05. The highest BCUT2D eigenvalue weighted by atomic mass is 15.1. The van der Waals surface area contributed by atoms with Crippen molar-refractivity contribution in [2.24, 2.45) is 0 Å². The fourth-order valence-electron chi connectivity index (χ4n) is 0.934. The third-order valence-corrected chi connectivity index (χ3v) is 1.57. The molecule has 5 heteroatoms. The van der Waals surface area contributed by atoms with E-state index in [0.29, 0.717) is 5.82 Å².